The van der Waals surface area contributed by atoms with Crippen LogP contribution in [0.1, 0.15) is 51.0 Å². The molecular formula is C17H32IN5O. The summed E-state index contributed by atoms with van der Waals surface area (Å²) in [4.78, 5) is 6.83. The monoisotopic (exact) mass is 449 g/mol. The summed E-state index contributed by atoms with van der Waals surface area (Å²) in [5, 5.41) is 10.8. The fourth-order valence-corrected chi connectivity index (χ4v) is 2.92. The van der Waals surface area contributed by atoms with Gasteiger partial charge in [-0.15, -0.1) is 24.0 Å². The lowest BCUT2D eigenvalue weighted by Crippen LogP contribution is -2.39. The Balaban J connectivity index is 0.00000288. The molecule has 0 bridgehead atoms. The highest BCUT2D eigenvalue weighted by molar-refractivity contribution is 14.0. The summed E-state index contributed by atoms with van der Waals surface area (Å²) < 4.78 is 5.34. The molecular weight excluding hydrogens is 417 g/mol. The predicted octanol–water partition coefficient (Wildman–Crippen LogP) is 2.81. The minimum absolute atomic E-state index is 0. The highest BCUT2D eigenvalue weighted by Crippen LogP contribution is 2.15. The molecule has 0 aliphatic carbocycles. The Morgan fingerprint density at radius 3 is 2.88 bits per heavy atom. The van der Waals surface area contributed by atoms with Gasteiger partial charge in [-0.1, -0.05) is 25.9 Å². The molecule has 1 saturated heterocycles. The Morgan fingerprint density at radius 2 is 2.25 bits per heavy atom. The molecule has 2 N–H and O–H groups in total. The van der Waals surface area contributed by atoms with E-state index < -0.39 is 0 Å². The van der Waals surface area contributed by atoms with Crippen LogP contribution >= 0.6 is 24.0 Å². The number of aromatic nitrogens is 1. The van der Waals surface area contributed by atoms with Gasteiger partial charge >= 0.3 is 0 Å². The molecule has 2 heterocycles. The van der Waals surface area contributed by atoms with Crippen LogP contribution in [-0.4, -0.2) is 49.2 Å². The first-order valence-electron chi connectivity index (χ1n) is 8.74. The SMILES string of the molecule is CCCN1CCC(CNC(=NC)NCc2cc(C(C)C)no2)C1.I. The summed E-state index contributed by atoms with van der Waals surface area (Å²) in [5.74, 6) is 2.75. The second kappa shape index (κ2) is 10.9. The van der Waals surface area contributed by atoms with Gasteiger partial charge in [-0.3, -0.25) is 4.99 Å². The average Bonchev–Trinajstić information content (AvgIpc) is 3.17. The molecule has 1 aromatic heterocycles. The molecule has 0 aromatic carbocycles. The van der Waals surface area contributed by atoms with E-state index in [1.165, 1.54) is 32.5 Å². The van der Waals surface area contributed by atoms with E-state index in [-0.39, 0.29) is 24.0 Å². The average molecular weight is 449 g/mol. The molecule has 1 atom stereocenters. The molecule has 0 saturated carbocycles. The summed E-state index contributed by atoms with van der Waals surface area (Å²) in [5.41, 5.74) is 0.992. The van der Waals surface area contributed by atoms with Gasteiger partial charge in [0.1, 0.15) is 0 Å². The standard InChI is InChI=1S/C17H31N5O.HI/c1-5-7-22-8-6-14(12-22)10-19-17(18-4)20-11-15-9-16(13(2)3)21-23-15;/h9,13-14H,5-8,10-12H2,1-4H3,(H2,18,19,20);1H. The van der Waals surface area contributed by atoms with E-state index in [0.717, 1.165) is 24.0 Å². The molecule has 24 heavy (non-hydrogen) atoms. The van der Waals surface area contributed by atoms with Crippen molar-refractivity contribution in [3.8, 4) is 0 Å². The highest BCUT2D eigenvalue weighted by atomic mass is 127. The molecule has 6 nitrogen and oxygen atoms in total. The molecule has 0 amide bonds. The lowest BCUT2D eigenvalue weighted by Gasteiger charge is -2.16. The molecule has 1 aromatic rings. The minimum atomic E-state index is 0. The second-order valence-corrected chi connectivity index (χ2v) is 6.63. The molecule has 0 radical (unpaired) electrons. The topological polar surface area (TPSA) is 65.7 Å². The first-order chi connectivity index (χ1) is 11.1. The Kier molecular flexibility index (Phi) is 9.65. The third kappa shape index (κ3) is 6.58. The van der Waals surface area contributed by atoms with Gasteiger partial charge < -0.3 is 20.1 Å². The zero-order chi connectivity index (χ0) is 16.7. The van der Waals surface area contributed by atoms with Crippen LogP contribution in [0.3, 0.4) is 0 Å². The number of nitrogens with one attached hydrogen (secondary N) is 2. The Labute approximate surface area is 162 Å². The molecule has 7 heteroatoms. The number of rotatable bonds is 7. The van der Waals surface area contributed by atoms with E-state index in [0.29, 0.717) is 18.4 Å². The van der Waals surface area contributed by atoms with Crippen LogP contribution in [-0.2, 0) is 6.54 Å². The molecule has 1 aliphatic rings. The molecule has 1 unspecified atom stereocenters. The zero-order valence-corrected chi connectivity index (χ0v) is 17.7. The lowest BCUT2D eigenvalue weighted by atomic mass is 10.1. The smallest absolute Gasteiger partial charge is 0.191 e. The van der Waals surface area contributed by atoms with Crippen molar-refractivity contribution in [2.45, 2.75) is 46.1 Å². The second-order valence-electron chi connectivity index (χ2n) is 6.63. The van der Waals surface area contributed by atoms with Gasteiger partial charge in [0.2, 0.25) is 0 Å². The summed E-state index contributed by atoms with van der Waals surface area (Å²) >= 11 is 0. The first kappa shape index (κ1) is 21.2. The number of halogens is 1. The van der Waals surface area contributed by atoms with Gasteiger partial charge in [-0.2, -0.15) is 0 Å². The van der Waals surface area contributed by atoms with Crippen molar-refractivity contribution >= 4 is 29.9 Å². The molecule has 1 aliphatic heterocycles. The number of likely N-dealkylation sites (tertiary alicyclic amines) is 1. The summed E-state index contributed by atoms with van der Waals surface area (Å²) in [6.07, 6.45) is 2.50. The van der Waals surface area contributed by atoms with Crippen LogP contribution in [0, 0.1) is 5.92 Å². The van der Waals surface area contributed by atoms with Gasteiger partial charge in [0.15, 0.2) is 11.7 Å². The number of nitrogens with zero attached hydrogens (tertiary/aromatic N) is 3. The van der Waals surface area contributed by atoms with E-state index in [4.69, 9.17) is 4.52 Å². The molecule has 1 fully saturated rings. The largest absolute Gasteiger partial charge is 0.359 e. The van der Waals surface area contributed by atoms with Gasteiger partial charge in [-0.05, 0) is 37.8 Å². The quantitative estimate of drug-likeness (QED) is 0.381. The number of hydrogen-bond acceptors (Lipinski definition) is 4. The first-order valence-corrected chi connectivity index (χ1v) is 8.74. The number of hydrogen-bond donors (Lipinski definition) is 2. The van der Waals surface area contributed by atoms with Crippen molar-refractivity contribution in [1.82, 2.24) is 20.7 Å². The van der Waals surface area contributed by atoms with Crippen molar-refractivity contribution in [2.24, 2.45) is 10.9 Å². The van der Waals surface area contributed by atoms with Crippen molar-refractivity contribution in [1.29, 1.82) is 0 Å². The van der Waals surface area contributed by atoms with Crippen molar-refractivity contribution in [3.63, 3.8) is 0 Å². The van der Waals surface area contributed by atoms with Crippen LogP contribution in [0.25, 0.3) is 0 Å². The number of aliphatic imine (C=N–C) groups is 1. The van der Waals surface area contributed by atoms with Gasteiger partial charge in [0.05, 0.1) is 12.2 Å². The van der Waals surface area contributed by atoms with Crippen LogP contribution in [0.2, 0.25) is 0 Å². The Morgan fingerprint density at radius 1 is 1.46 bits per heavy atom. The van der Waals surface area contributed by atoms with E-state index in [9.17, 15) is 0 Å². The van der Waals surface area contributed by atoms with Crippen LogP contribution in [0.4, 0.5) is 0 Å². The van der Waals surface area contributed by atoms with Gasteiger partial charge in [0.25, 0.3) is 0 Å². The molecule has 2 rings (SSSR count). The summed E-state index contributed by atoms with van der Waals surface area (Å²) in [6, 6.07) is 2.00. The maximum absolute atomic E-state index is 5.34. The fraction of sp³-hybridized carbons (Fsp3) is 0.765. The molecule has 0 spiro atoms. The minimum Gasteiger partial charge on any atom is -0.359 e. The van der Waals surface area contributed by atoms with Crippen LogP contribution in [0.15, 0.2) is 15.6 Å². The van der Waals surface area contributed by atoms with E-state index in [2.05, 4.69) is 46.5 Å². The number of guanidine groups is 1. The van der Waals surface area contributed by atoms with Crippen molar-refractivity contribution < 1.29 is 4.52 Å². The predicted molar refractivity (Wildman–Crippen MR) is 109 cm³/mol. The maximum Gasteiger partial charge on any atom is 0.191 e. The Hall–Kier alpha value is -0.830. The normalized spacial score (nSPS) is 18.7. The fourth-order valence-electron chi connectivity index (χ4n) is 2.92. The van der Waals surface area contributed by atoms with Crippen LogP contribution in [0.5, 0.6) is 0 Å². The molecule has 138 valence electrons. The lowest BCUT2D eigenvalue weighted by molar-refractivity contribution is 0.324. The third-order valence-electron chi connectivity index (χ3n) is 4.29. The zero-order valence-electron chi connectivity index (χ0n) is 15.3. The summed E-state index contributed by atoms with van der Waals surface area (Å²) in [6.45, 7) is 11.7. The Bertz CT molecular complexity index is 503. The van der Waals surface area contributed by atoms with E-state index >= 15 is 0 Å². The van der Waals surface area contributed by atoms with Gasteiger partial charge in [-0.25, -0.2) is 0 Å². The maximum atomic E-state index is 5.34. The van der Waals surface area contributed by atoms with Crippen LogP contribution < -0.4 is 10.6 Å². The van der Waals surface area contributed by atoms with E-state index in [1.54, 1.807) is 7.05 Å². The highest BCUT2D eigenvalue weighted by Gasteiger charge is 2.21. The third-order valence-corrected chi connectivity index (χ3v) is 4.29. The van der Waals surface area contributed by atoms with Crippen molar-refractivity contribution in [3.05, 3.63) is 17.5 Å². The van der Waals surface area contributed by atoms with Gasteiger partial charge in [0, 0.05) is 26.2 Å². The van der Waals surface area contributed by atoms with Crippen molar-refractivity contribution in [2.75, 3.05) is 33.2 Å². The summed E-state index contributed by atoms with van der Waals surface area (Å²) in [7, 11) is 1.80. The van der Waals surface area contributed by atoms with E-state index in [1.807, 2.05) is 6.07 Å².